The fourth-order valence-electron chi connectivity index (χ4n) is 1.95. The highest BCUT2D eigenvalue weighted by Gasteiger charge is 2.18. The van der Waals surface area contributed by atoms with Crippen LogP contribution in [-0.2, 0) is 9.53 Å². The summed E-state index contributed by atoms with van der Waals surface area (Å²) < 4.78 is 5.00. The number of aliphatic hydroxyl groups excluding tert-OH is 1. The van der Waals surface area contributed by atoms with Gasteiger partial charge >= 0.3 is 5.97 Å². The van der Waals surface area contributed by atoms with Gasteiger partial charge in [0, 0.05) is 13.2 Å². The van der Waals surface area contributed by atoms with Gasteiger partial charge in [-0.2, -0.15) is 0 Å². The Kier molecular flexibility index (Phi) is 7.41. The van der Waals surface area contributed by atoms with E-state index in [-0.39, 0.29) is 18.5 Å². The molecule has 1 atom stereocenters. The van der Waals surface area contributed by atoms with Crippen molar-refractivity contribution in [2.45, 2.75) is 26.7 Å². The molecule has 0 saturated carbocycles. The molecule has 20 heavy (non-hydrogen) atoms. The lowest BCUT2D eigenvalue weighted by Crippen LogP contribution is -2.22. The van der Waals surface area contributed by atoms with E-state index in [0.29, 0.717) is 31.0 Å². The van der Waals surface area contributed by atoms with Crippen molar-refractivity contribution in [2.24, 2.45) is 5.92 Å². The molecule has 1 rings (SSSR count). The number of ether oxygens (including phenoxy) is 1. The maximum Gasteiger partial charge on any atom is 0.309 e. The molecular formula is C15H22ClNO3. The van der Waals surface area contributed by atoms with Crippen LogP contribution in [0.3, 0.4) is 0 Å². The molecule has 0 aliphatic carbocycles. The van der Waals surface area contributed by atoms with Crippen LogP contribution in [0, 0.1) is 12.8 Å². The summed E-state index contributed by atoms with van der Waals surface area (Å²) in [5.74, 6) is -0.533. The molecule has 0 radical (unpaired) electrons. The number of aryl methyl sites for hydroxylation is 1. The second kappa shape index (κ2) is 8.82. The van der Waals surface area contributed by atoms with Crippen LogP contribution in [0.1, 0.15) is 25.3 Å². The number of aliphatic hydroxyl groups is 1. The average Bonchev–Trinajstić information content (AvgIpc) is 2.42. The number of nitrogens with one attached hydrogen (secondary N) is 1. The molecule has 0 aliphatic heterocycles. The maximum absolute atomic E-state index is 11.7. The molecule has 0 amide bonds. The highest BCUT2D eigenvalue weighted by molar-refractivity contribution is 6.33. The maximum atomic E-state index is 11.7. The second-order valence-electron chi connectivity index (χ2n) is 4.66. The van der Waals surface area contributed by atoms with Gasteiger partial charge in [0.25, 0.3) is 0 Å². The normalized spacial score (nSPS) is 12.0. The molecule has 2 N–H and O–H groups in total. The molecule has 1 aromatic carbocycles. The van der Waals surface area contributed by atoms with E-state index in [0.717, 1.165) is 11.3 Å². The molecule has 0 fully saturated rings. The van der Waals surface area contributed by atoms with Gasteiger partial charge in [0.2, 0.25) is 0 Å². The van der Waals surface area contributed by atoms with E-state index < -0.39 is 0 Å². The summed E-state index contributed by atoms with van der Waals surface area (Å²) in [6.45, 7) is 4.71. The zero-order valence-corrected chi connectivity index (χ0v) is 12.7. The number of carbonyl (C=O) groups is 1. The van der Waals surface area contributed by atoms with Crippen molar-refractivity contribution < 1.29 is 14.6 Å². The number of anilines is 1. The number of hydrogen-bond donors (Lipinski definition) is 2. The summed E-state index contributed by atoms with van der Waals surface area (Å²) in [7, 11) is 0. The van der Waals surface area contributed by atoms with Gasteiger partial charge in [-0.25, -0.2) is 0 Å². The van der Waals surface area contributed by atoms with Crippen LogP contribution < -0.4 is 5.32 Å². The van der Waals surface area contributed by atoms with Crippen molar-refractivity contribution in [1.29, 1.82) is 0 Å². The van der Waals surface area contributed by atoms with Crippen LogP contribution in [0.5, 0.6) is 0 Å². The average molecular weight is 300 g/mol. The summed E-state index contributed by atoms with van der Waals surface area (Å²) in [5, 5.41) is 12.9. The Morgan fingerprint density at radius 1 is 1.45 bits per heavy atom. The first-order chi connectivity index (χ1) is 9.58. The predicted molar refractivity (Wildman–Crippen MR) is 81.1 cm³/mol. The van der Waals surface area contributed by atoms with Gasteiger partial charge in [-0.1, -0.05) is 17.7 Å². The van der Waals surface area contributed by atoms with E-state index in [2.05, 4.69) is 5.32 Å². The number of halogens is 1. The summed E-state index contributed by atoms with van der Waals surface area (Å²) in [4.78, 5) is 11.7. The molecule has 0 aromatic heterocycles. The molecule has 0 saturated heterocycles. The molecule has 1 aromatic rings. The molecule has 112 valence electrons. The number of carbonyl (C=O) groups excluding carboxylic acids is 1. The van der Waals surface area contributed by atoms with Gasteiger partial charge < -0.3 is 15.2 Å². The number of rotatable bonds is 8. The largest absolute Gasteiger partial charge is 0.466 e. The minimum atomic E-state index is -0.281. The Morgan fingerprint density at radius 3 is 2.85 bits per heavy atom. The second-order valence-corrected chi connectivity index (χ2v) is 5.07. The third kappa shape index (κ3) is 5.39. The van der Waals surface area contributed by atoms with Crippen LogP contribution in [-0.4, -0.2) is 30.8 Å². The van der Waals surface area contributed by atoms with Gasteiger partial charge in [0.05, 0.1) is 23.2 Å². The molecule has 4 nitrogen and oxygen atoms in total. The third-order valence-corrected chi connectivity index (χ3v) is 3.36. The predicted octanol–water partition coefficient (Wildman–Crippen LogP) is 3.01. The van der Waals surface area contributed by atoms with E-state index in [1.54, 1.807) is 6.92 Å². The Morgan fingerprint density at radius 2 is 2.20 bits per heavy atom. The molecular weight excluding hydrogens is 278 g/mol. The Hall–Kier alpha value is -1.26. The Bertz CT molecular complexity index is 437. The summed E-state index contributed by atoms with van der Waals surface area (Å²) in [6.07, 6.45) is 1.02. The van der Waals surface area contributed by atoms with Gasteiger partial charge in [-0.15, -0.1) is 0 Å². The van der Waals surface area contributed by atoms with E-state index in [4.69, 9.17) is 21.4 Å². The highest BCUT2D eigenvalue weighted by atomic mass is 35.5. The molecule has 0 heterocycles. The van der Waals surface area contributed by atoms with Crippen LogP contribution in [0.2, 0.25) is 5.02 Å². The van der Waals surface area contributed by atoms with Crippen molar-refractivity contribution in [3.05, 3.63) is 28.8 Å². The molecule has 5 heteroatoms. The van der Waals surface area contributed by atoms with Crippen molar-refractivity contribution in [3.63, 3.8) is 0 Å². The first-order valence-electron chi connectivity index (χ1n) is 6.86. The zero-order valence-electron chi connectivity index (χ0n) is 12.0. The van der Waals surface area contributed by atoms with Crippen LogP contribution in [0.25, 0.3) is 0 Å². The van der Waals surface area contributed by atoms with Crippen LogP contribution >= 0.6 is 11.6 Å². The summed E-state index contributed by atoms with van der Waals surface area (Å²) in [5.41, 5.74) is 1.98. The molecule has 0 aliphatic rings. The lowest BCUT2D eigenvalue weighted by Gasteiger charge is -2.15. The van der Waals surface area contributed by atoms with Crippen molar-refractivity contribution >= 4 is 23.3 Å². The van der Waals surface area contributed by atoms with Crippen LogP contribution in [0.4, 0.5) is 5.69 Å². The monoisotopic (exact) mass is 299 g/mol. The van der Waals surface area contributed by atoms with Gasteiger partial charge in [-0.05, 0) is 44.4 Å². The smallest absolute Gasteiger partial charge is 0.309 e. The zero-order chi connectivity index (χ0) is 15.0. The fraction of sp³-hybridized carbons (Fsp3) is 0.533. The van der Waals surface area contributed by atoms with Gasteiger partial charge in [-0.3, -0.25) is 4.79 Å². The summed E-state index contributed by atoms with van der Waals surface area (Å²) >= 11 is 6.09. The molecule has 0 spiro atoms. The molecule has 0 bridgehead atoms. The lowest BCUT2D eigenvalue weighted by atomic mass is 10.0. The third-order valence-electron chi connectivity index (χ3n) is 3.03. The van der Waals surface area contributed by atoms with Gasteiger partial charge in [0.15, 0.2) is 0 Å². The quantitative estimate of drug-likeness (QED) is 0.725. The van der Waals surface area contributed by atoms with E-state index >= 15 is 0 Å². The van der Waals surface area contributed by atoms with E-state index in [9.17, 15) is 4.79 Å². The standard InChI is InChI=1S/C15H22ClNO3/c1-3-20-15(19)12(7-9-18)6-8-17-14-10-11(2)4-5-13(14)16/h4-5,10,12,17-18H,3,6-9H2,1-2H3. The Labute approximate surface area is 125 Å². The van der Waals surface area contributed by atoms with Crippen molar-refractivity contribution in [1.82, 2.24) is 0 Å². The number of benzene rings is 1. The first kappa shape index (κ1) is 16.8. The topological polar surface area (TPSA) is 58.6 Å². The minimum Gasteiger partial charge on any atom is -0.466 e. The van der Waals surface area contributed by atoms with Crippen molar-refractivity contribution in [3.8, 4) is 0 Å². The number of esters is 1. The summed E-state index contributed by atoms with van der Waals surface area (Å²) in [6, 6.07) is 5.75. The van der Waals surface area contributed by atoms with Gasteiger partial charge in [0.1, 0.15) is 0 Å². The highest BCUT2D eigenvalue weighted by Crippen LogP contribution is 2.23. The fourth-order valence-corrected chi connectivity index (χ4v) is 2.14. The Balaban J connectivity index is 2.51. The van der Waals surface area contributed by atoms with Crippen molar-refractivity contribution in [2.75, 3.05) is 25.1 Å². The van der Waals surface area contributed by atoms with E-state index in [1.165, 1.54) is 0 Å². The van der Waals surface area contributed by atoms with E-state index in [1.807, 2.05) is 25.1 Å². The number of hydrogen-bond acceptors (Lipinski definition) is 4. The molecule has 1 unspecified atom stereocenters. The first-order valence-corrected chi connectivity index (χ1v) is 7.23. The lowest BCUT2D eigenvalue weighted by molar-refractivity contribution is -0.148. The van der Waals surface area contributed by atoms with Crippen LogP contribution in [0.15, 0.2) is 18.2 Å². The minimum absolute atomic E-state index is 0.0192. The SMILES string of the molecule is CCOC(=O)C(CCO)CCNc1cc(C)ccc1Cl.